The van der Waals surface area contributed by atoms with E-state index in [0.717, 1.165) is 6.54 Å². The Morgan fingerprint density at radius 3 is 2.60 bits per heavy atom. The van der Waals surface area contributed by atoms with Crippen molar-refractivity contribution in [3.05, 3.63) is 48.0 Å². The summed E-state index contributed by atoms with van der Waals surface area (Å²) in [4.78, 5) is 6.50. The third kappa shape index (κ3) is 3.45. The molecular weight excluding hydrogens is 248 g/mol. The van der Waals surface area contributed by atoms with Crippen LogP contribution in [0.5, 0.6) is 0 Å². The van der Waals surface area contributed by atoms with Crippen LogP contribution < -0.4 is 0 Å². The molecule has 1 atom stereocenters. The van der Waals surface area contributed by atoms with Crippen LogP contribution in [0.2, 0.25) is 0 Å². The normalized spacial score (nSPS) is 13.7. The first-order valence-corrected chi connectivity index (χ1v) is 7.02. The zero-order chi connectivity index (χ0) is 14.8. The van der Waals surface area contributed by atoms with Crippen molar-refractivity contribution in [3.8, 4) is 0 Å². The van der Waals surface area contributed by atoms with E-state index in [1.54, 1.807) is 0 Å². The molecule has 0 saturated heterocycles. The highest BCUT2D eigenvalue weighted by atomic mass is 15.3. The molecule has 0 N–H and O–H groups in total. The molecule has 20 heavy (non-hydrogen) atoms. The first-order valence-electron chi connectivity index (χ1n) is 7.02. The summed E-state index contributed by atoms with van der Waals surface area (Å²) in [6.07, 6.45) is 7.83. The Kier molecular flexibility index (Phi) is 4.23. The molecule has 2 heterocycles. The lowest BCUT2D eigenvalue weighted by Crippen LogP contribution is -2.23. The van der Waals surface area contributed by atoms with E-state index in [1.807, 2.05) is 29.3 Å². The summed E-state index contributed by atoms with van der Waals surface area (Å²) in [6.45, 7) is 9.56. The van der Waals surface area contributed by atoms with Gasteiger partial charge in [0, 0.05) is 36.7 Å². The SMILES string of the molecule is C[C@@H](c1cccnc1)N(C)Cc1cnn(C(C)(C)C)c1. The van der Waals surface area contributed by atoms with Crippen molar-refractivity contribution >= 4 is 0 Å². The summed E-state index contributed by atoms with van der Waals surface area (Å²) in [5.41, 5.74) is 2.50. The number of rotatable bonds is 4. The Labute approximate surface area is 121 Å². The number of hydrogen-bond donors (Lipinski definition) is 0. The van der Waals surface area contributed by atoms with Gasteiger partial charge in [-0.15, -0.1) is 0 Å². The van der Waals surface area contributed by atoms with Crippen molar-refractivity contribution < 1.29 is 0 Å². The second-order valence-corrected chi connectivity index (χ2v) is 6.34. The van der Waals surface area contributed by atoms with Crippen LogP contribution in [0.15, 0.2) is 36.9 Å². The Morgan fingerprint density at radius 2 is 2.05 bits per heavy atom. The molecule has 2 aromatic heterocycles. The van der Waals surface area contributed by atoms with Crippen molar-refractivity contribution in [2.45, 2.75) is 45.8 Å². The lowest BCUT2D eigenvalue weighted by atomic mass is 10.1. The average molecular weight is 272 g/mol. The van der Waals surface area contributed by atoms with Gasteiger partial charge in [0.15, 0.2) is 0 Å². The predicted molar refractivity (Wildman–Crippen MR) is 81.3 cm³/mol. The third-order valence-electron chi connectivity index (χ3n) is 3.58. The fourth-order valence-corrected chi connectivity index (χ4v) is 2.11. The molecule has 0 bridgehead atoms. The number of pyridine rings is 1. The van der Waals surface area contributed by atoms with Gasteiger partial charge in [-0.1, -0.05) is 6.07 Å². The molecule has 2 rings (SSSR count). The minimum absolute atomic E-state index is 0.0335. The van der Waals surface area contributed by atoms with Gasteiger partial charge in [-0.2, -0.15) is 5.10 Å². The summed E-state index contributed by atoms with van der Waals surface area (Å²) in [6, 6.07) is 4.44. The molecule has 0 saturated carbocycles. The maximum Gasteiger partial charge on any atom is 0.0543 e. The van der Waals surface area contributed by atoms with Crippen LogP contribution >= 0.6 is 0 Å². The molecule has 108 valence electrons. The summed E-state index contributed by atoms with van der Waals surface area (Å²) in [7, 11) is 2.13. The van der Waals surface area contributed by atoms with E-state index in [9.17, 15) is 0 Å². The van der Waals surface area contributed by atoms with Gasteiger partial charge in [0.2, 0.25) is 0 Å². The van der Waals surface area contributed by atoms with E-state index in [-0.39, 0.29) is 5.54 Å². The highest BCUT2D eigenvalue weighted by Gasteiger charge is 2.16. The fourth-order valence-electron chi connectivity index (χ4n) is 2.11. The Bertz CT molecular complexity index is 539. The van der Waals surface area contributed by atoms with Crippen molar-refractivity contribution in [1.29, 1.82) is 0 Å². The lowest BCUT2D eigenvalue weighted by Gasteiger charge is -2.24. The van der Waals surface area contributed by atoms with Crippen LogP contribution in [-0.2, 0) is 12.1 Å². The summed E-state index contributed by atoms with van der Waals surface area (Å²) >= 11 is 0. The quantitative estimate of drug-likeness (QED) is 0.857. The highest BCUT2D eigenvalue weighted by Crippen LogP contribution is 2.20. The van der Waals surface area contributed by atoms with E-state index < -0.39 is 0 Å². The molecule has 0 unspecified atom stereocenters. The zero-order valence-corrected chi connectivity index (χ0v) is 13.0. The smallest absolute Gasteiger partial charge is 0.0543 e. The van der Waals surface area contributed by atoms with Crippen molar-refractivity contribution in [2.24, 2.45) is 0 Å². The van der Waals surface area contributed by atoms with E-state index in [0.29, 0.717) is 6.04 Å². The molecule has 4 nitrogen and oxygen atoms in total. The van der Waals surface area contributed by atoms with E-state index in [2.05, 4.69) is 62.0 Å². The standard InChI is InChI=1S/C16H24N4/c1-13(15-7-6-8-17-10-15)19(5)11-14-9-18-20(12-14)16(2,3)4/h6-10,12-13H,11H2,1-5H3/t13-/m0/s1. The summed E-state index contributed by atoms with van der Waals surface area (Å²) < 4.78 is 2.02. The molecule has 0 aromatic carbocycles. The van der Waals surface area contributed by atoms with Crippen LogP contribution in [0.3, 0.4) is 0 Å². The van der Waals surface area contributed by atoms with Gasteiger partial charge in [-0.25, -0.2) is 0 Å². The highest BCUT2D eigenvalue weighted by molar-refractivity contribution is 5.14. The summed E-state index contributed by atoms with van der Waals surface area (Å²) in [5, 5.41) is 4.45. The van der Waals surface area contributed by atoms with E-state index in [1.165, 1.54) is 11.1 Å². The largest absolute Gasteiger partial charge is 0.295 e. The van der Waals surface area contributed by atoms with Crippen molar-refractivity contribution in [1.82, 2.24) is 19.7 Å². The molecule has 4 heteroatoms. The van der Waals surface area contributed by atoms with Crippen LogP contribution in [0.25, 0.3) is 0 Å². The van der Waals surface area contributed by atoms with Gasteiger partial charge in [0.25, 0.3) is 0 Å². The molecule has 2 aromatic rings. The molecule has 0 radical (unpaired) electrons. The van der Waals surface area contributed by atoms with Crippen LogP contribution in [-0.4, -0.2) is 26.7 Å². The predicted octanol–water partition coefficient (Wildman–Crippen LogP) is 3.23. The van der Waals surface area contributed by atoms with Gasteiger partial charge in [-0.05, 0) is 46.4 Å². The molecule has 0 aliphatic carbocycles. The molecule has 0 aliphatic rings. The maximum absolute atomic E-state index is 4.45. The van der Waals surface area contributed by atoms with Gasteiger partial charge < -0.3 is 0 Å². The number of hydrogen-bond acceptors (Lipinski definition) is 3. The van der Waals surface area contributed by atoms with Gasteiger partial charge in [0.05, 0.1) is 11.7 Å². The topological polar surface area (TPSA) is 34.0 Å². The third-order valence-corrected chi connectivity index (χ3v) is 3.58. The Morgan fingerprint density at radius 1 is 1.30 bits per heavy atom. The molecule has 0 fully saturated rings. The maximum atomic E-state index is 4.45. The fraction of sp³-hybridized carbons (Fsp3) is 0.500. The molecule has 0 aliphatic heterocycles. The monoisotopic (exact) mass is 272 g/mol. The average Bonchev–Trinajstić information content (AvgIpc) is 2.87. The zero-order valence-electron chi connectivity index (χ0n) is 13.0. The van der Waals surface area contributed by atoms with Gasteiger partial charge in [-0.3, -0.25) is 14.6 Å². The summed E-state index contributed by atoms with van der Waals surface area (Å²) in [5.74, 6) is 0. The molecule has 0 spiro atoms. The first kappa shape index (κ1) is 14.7. The Hall–Kier alpha value is -1.68. The van der Waals surface area contributed by atoms with E-state index >= 15 is 0 Å². The second kappa shape index (κ2) is 5.75. The Balaban J connectivity index is 2.04. The molecule has 0 amide bonds. The minimum atomic E-state index is 0.0335. The lowest BCUT2D eigenvalue weighted by molar-refractivity contribution is 0.252. The van der Waals surface area contributed by atoms with Crippen molar-refractivity contribution in [2.75, 3.05) is 7.05 Å². The second-order valence-electron chi connectivity index (χ2n) is 6.34. The van der Waals surface area contributed by atoms with Gasteiger partial charge in [0.1, 0.15) is 0 Å². The van der Waals surface area contributed by atoms with E-state index in [4.69, 9.17) is 0 Å². The van der Waals surface area contributed by atoms with Crippen LogP contribution in [0, 0.1) is 0 Å². The number of nitrogens with zero attached hydrogens (tertiary/aromatic N) is 4. The van der Waals surface area contributed by atoms with Crippen molar-refractivity contribution in [3.63, 3.8) is 0 Å². The number of aromatic nitrogens is 3. The first-order chi connectivity index (χ1) is 9.38. The van der Waals surface area contributed by atoms with Gasteiger partial charge >= 0.3 is 0 Å². The minimum Gasteiger partial charge on any atom is -0.295 e. The molecular formula is C16H24N4. The van der Waals surface area contributed by atoms with Crippen LogP contribution in [0.1, 0.15) is 44.9 Å². The van der Waals surface area contributed by atoms with Crippen LogP contribution in [0.4, 0.5) is 0 Å².